The van der Waals surface area contributed by atoms with E-state index >= 15 is 0 Å². The third-order valence-corrected chi connectivity index (χ3v) is 2.35. The van der Waals surface area contributed by atoms with Gasteiger partial charge in [0, 0.05) is 17.1 Å². The summed E-state index contributed by atoms with van der Waals surface area (Å²) < 4.78 is 5.53. The first-order valence-corrected chi connectivity index (χ1v) is 5.08. The molecule has 0 aliphatic rings. The highest BCUT2D eigenvalue weighted by molar-refractivity contribution is 5.87. The number of hydrogen-bond acceptors (Lipinski definition) is 2. The Bertz CT molecular complexity index is 460. The molecule has 0 fully saturated rings. The predicted octanol–water partition coefficient (Wildman–Crippen LogP) is 2.80. The quantitative estimate of drug-likeness (QED) is 0.809. The molecule has 0 atom stereocenters. The van der Waals surface area contributed by atoms with Gasteiger partial charge < -0.3 is 14.8 Å². The van der Waals surface area contributed by atoms with Gasteiger partial charge in [-0.15, -0.1) is 0 Å². The SMILES string of the molecule is CC(C)OCc1c[nH]c2c(O)cccc12. The van der Waals surface area contributed by atoms with Crippen LogP contribution in [0.2, 0.25) is 0 Å². The Morgan fingerprint density at radius 2 is 2.20 bits per heavy atom. The van der Waals surface area contributed by atoms with Gasteiger partial charge in [-0.05, 0) is 19.9 Å². The highest BCUT2D eigenvalue weighted by atomic mass is 16.5. The number of aromatic amines is 1. The lowest BCUT2D eigenvalue weighted by molar-refractivity contribution is 0.0664. The Labute approximate surface area is 88.7 Å². The van der Waals surface area contributed by atoms with Crippen molar-refractivity contribution in [1.29, 1.82) is 0 Å². The van der Waals surface area contributed by atoms with Gasteiger partial charge in [0.2, 0.25) is 0 Å². The summed E-state index contributed by atoms with van der Waals surface area (Å²) in [5.41, 5.74) is 1.86. The van der Waals surface area contributed by atoms with E-state index in [4.69, 9.17) is 4.74 Å². The number of nitrogens with one attached hydrogen (secondary N) is 1. The molecule has 0 unspecified atom stereocenters. The van der Waals surface area contributed by atoms with Crippen LogP contribution in [-0.2, 0) is 11.3 Å². The summed E-state index contributed by atoms with van der Waals surface area (Å²) in [6.07, 6.45) is 2.10. The first kappa shape index (κ1) is 10.1. The van der Waals surface area contributed by atoms with Crippen LogP contribution in [0.4, 0.5) is 0 Å². The van der Waals surface area contributed by atoms with Gasteiger partial charge in [-0.3, -0.25) is 0 Å². The zero-order valence-electron chi connectivity index (χ0n) is 8.95. The van der Waals surface area contributed by atoms with E-state index in [9.17, 15) is 5.11 Å². The van der Waals surface area contributed by atoms with E-state index in [-0.39, 0.29) is 11.9 Å². The summed E-state index contributed by atoms with van der Waals surface area (Å²) in [4.78, 5) is 3.05. The first-order chi connectivity index (χ1) is 7.18. The second-order valence-electron chi connectivity index (χ2n) is 3.87. The highest BCUT2D eigenvalue weighted by Crippen LogP contribution is 2.26. The number of phenols is 1. The molecule has 1 heterocycles. The molecule has 0 bridgehead atoms. The Balaban J connectivity index is 2.33. The van der Waals surface area contributed by atoms with E-state index in [0.717, 1.165) is 16.5 Å². The van der Waals surface area contributed by atoms with Crippen LogP contribution >= 0.6 is 0 Å². The van der Waals surface area contributed by atoms with E-state index in [1.807, 2.05) is 32.2 Å². The molecule has 0 amide bonds. The van der Waals surface area contributed by atoms with Crippen LogP contribution < -0.4 is 0 Å². The summed E-state index contributed by atoms with van der Waals surface area (Å²) in [5, 5.41) is 10.6. The number of hydrogen-bond donors (Lipinski definition) is 2. The lowest BCUT2D eigenvalue weighted by Crippen LogP contribution is -2.01. The van der Waals surface area contributed by atoms with Crippen molar-refractivity contribution in [2.75, 3.05) is 0 Å². The molecule has 0 aliphatic carbocycles. The van der Waals surface area contributed by atoms with Crippen LogP contribution in [0, 0.1) is 0 Å². The van der Waals surface area contributed by atoms with Crippen LogP contribution in [0.3, 0.4) is 0 Å². The molecule has 2 N–H and O–H groups in total. The van der Waals surface area contributed by atoms with E-state index in [1.165, 1.54) is 0 Å². The van der Waals surface area contributed by atoms with Crippen molar-refractivity contribution >= 4 is 10.9 Å². The van der Waals surface area contributed by atoms with Crippen LogP contribution in [0.15, 0.2) is 24.4 Å². The van der Waals surface area contributed by atoms with E-state index in [1.54, 1.807) is 6.07 Å². The molecule has 2 aromatic rings. The fraction of sp³-hybridized carbons (Fsp3) is 0.333. The minimum atomic E-state index is 0.215. The van der Waals surface area contributed by atoms with Crippen molar-refractivity contribution in [2.45, 2.75) is 26.6 Å². The average Bonchev–Trinajstić information content (AvgIpc) is 2.59. The first-order valence-electron chi connectivity index (χ1n) is 5.08. The molecule has 1 aromatic heterocycles. The van der Waals surface area contributed by atoms with Crippen LogP contribution in [0.1, 0.15) is 19.4 Å². The van der Waals surface area contributed by atoms with Gasteiger partial charge in [-0.2, -0.15) is 0 Å². The number of para-hydroxylation sites is 1. The number of phenolic OH excluding ortho intramolecular Hbond substituents is 1. The van der Waals surface area contributed by atoms with Crippen molar-refractivity contribution in [3.63, 3.8) is 0 Å². The summed E-state index contributed by atoms with van der Waals surface area (Å²) in [5.74, 6) is 0.281. The van der Waals surface area contributed by atoms with Crippen LogP contribution in [-0.4, -0.2) is 16.2 Å². The van der Waals surface area contributed by atoms with E-state index < -0.39 is 0 Å². The van der Waals surface area contributed by atoms with Gasteiger partial charge in [-0.25, -0.2) is 0 Å². The van der Waals surface area contributed by atoms with Gasteiger partial charge in [0.1, 0.15) is 5.75 Å². The molecule has 2 rings (SSSR count). The molecule has 0 radical (unpaired) electrons. The molecule has 80 valence electrons. The zero-order chi connectivity index (χ0) is 10.8. The Hall–Kier alpha value is -1.48. The number of aromatic hydroxyl groups is 1. The van der Waals surface area contributed by atoms with Crippen molar-refractivity contribution in [3.05, 3.63) is 30.0 Å². The van der Waals surface area contributed by atoms with Gasteiger partial charge >= 0.3 is 0 Å². The van der Waals surface area contributed by atoms with Crippen molar-refractivity contribution in [2.24, 2.45) is 0 Å². The fourth-order valence-electron chi connectivity index (χ4n) is 1.57. The van der Waals surface area contributed by atoms with Gasteiger partial charge in [0.05, 0.1) is 18.2 Å². The third kappa shape index (κ3) is 1.97. The molecule has 0 saturated heterocycles. The maximum Gasteiger partial charge on any atom is 0.139 e. The Morgan fingerprint density at radius 1 is 1.40 bits per heavy atom. The highest BCUT2D eigenvalue weighted by Gasteiger charge is 2.06. The molecular weight excluding hydrogens is 190 g/mol. The lowest BCUT2D eigenvalue weighted by atomic mass is 10.2. The lowest BCUT2D eigenvalue weighted by Gasteiger charge is -2.06. The largest absolute Gasteiger partial charge is 0.506 e. The summed E-state index contributed by atoms with van der Waals surface area (Å²) >= 11 is 0. The average molecular weight is 205 g/mol. The zero-order valence-corrected chi connectivity index (χ0v) is 8.95. The minimum Gasteiger partial charge on any atom is -0.506 e. The summed E-state index contributed by atoms with van der Waals surface area (Å²) in [7, 11) is 0. The molecule has 0 spiro atoms. The number of rotatable bonds is 3. The number of benzene rings is 1. The van der Waals surface area contributed by atoms with Crippen molar-refractivity contribution < 1.29 is 9.84 Å². The molecular formula is C12H15NO2. The smallest absolute Gasteiger partial charge is 0.139 e. The number of fused-ring (bicyclic) bond motifs is 1. The molecule has 0 aliphatic heterocycles. The fourth-order valence-corrected chi connectivity index (χ4v) is 1.57. The Kier molecular flexibility index (Phi) is 2.64. The normalized spacial score (nSPS) is 11.4. The summed E-state index contributed by atoms with van der Waals surface area (Å²) in [6.45, 7) is 4.58. The number of H-pyrrole nitrogens is 1. The Morgan fingerprint density at radius 3 is 2.93 bits per heavy atom. The second kappa shape index (κ2) is 3.95. The van der Waals surface area contributed by atoms with Gasteiger partial charge in [0.15, 0.2) is 0 Å². The monoisotopic (exact) mass is 205 g/mol. The number of ether oxygens (including phenoxy) is 1. The molecule has 15 heavy (non-hydrogen) atoms. The molecule has 3 heteroatoms. The second-order valence-corrected chi connectivity index (χ2v) is 3.87. The van der Waals surface area contributed by atoms with E-state index in [0.29, 0.717) is 6.61 Å². The van der Waals surface area contributed by atoms with Crippen molar-refractivity contribution in [3.8, 4) is 5.75 Å². The van der Waals surface area contributed by atoms with E-state index in [2.05, 4.69) is 4.98 Å². The molecule has 3 nitrogen and oxygen atoms in total. The minimum absolute atomic E-state index is 0.215. The van der Waals surface area contributed by atoms with Crippen LogP contribution in [0.25, 0.3) is 10.9 Å². The predicted molar refractivity (Wildman–Crippen MR) is 59.9 cm³/mol. The van der Waals surface area contributed by atoms with Crippen molar-refractivity contribution in [1.82, 2.24) is 4.98 Å². The van der Waals surface area contributed by atoms with Crippen LogP contribution in [0.5, 0.6) is 5.75 Å². The van der Waals surface area contributed by atoms with Gasteiger partial charge in [0.25, 0.3) is 0 Å². The number of aromatic nitrogens is 1. The third-order valence-electron chi connectivity index (χ3n) is 2.35. The summed E-state index contributed by atoms with van der Waals surface area (Å²) in [6, 6.07) is 5.49. The topological polar surface area (TPSA) is 45.2 Å². The molecule has 0 saturated carbocycles. The maximum atomic E-state index is 9.59. The maximum absolute atomic E-state index is 9.59. The van der Waals surface area contributed by atoms with Gasteiger partial charge in [-0.1, -0.05) is 12.1 Å². The molecule has 1 aromatic carbocycles. The standard InChI is InChI=1S/C12H15NO2/c1-8(2)15-7-9-6-13-12-10(9)4-3-5-11(12)14/h3-6,8,13-14H,7H2,1-2H3.